The van der Waals surface area contributed by atoms with E-state index in [2.05, 4.69) is 10.6 Å². The van der Waals surface area contributed by atoms with E-state index < -0.39 is 45.3 Å². The SMILES string of the molecule is CC(=O)Nc1cc(NC(=O)c2cc(Cl)ccc2[N+](=O)[O-])c(F)cc1F. The van der Waals surface area contributed by atoms with Crippen molar-refractivity contribution in [2.24, 2.45) is 0 Å². The fraction of sp³-hybridized carbons (Fsp3) is 0.0667. The minimum absolute atomic E-state index is 0.0641. The van der Waals surface area contributed by atoms with Gasteiger partial charge in [-0.1, -0.05) is 11.6 Å². The summed E-state index contributed by atoms with van der Waals surface area (Å²) in [5, 5.41) is 15.3. The molecule has 0 bridgehead atoms. The number of nitro benzene ring substituents is 1. The van der Waals surface area contributed by atoms with E-state index in [1.807, 2.05) is 0 Å². The van der Waals surface area contributed by atoms with E-state index in [4.69, 9.17) is 11.6 Å². The summed E-state index contributed by atoms with van der Waals surface area (Å²) in [5.74, 6) is -3.79. The number of carbonyl (C=O) groups is 2. The largest absolute Gasteiger partial charge is 0.324 e. The molecule has 10 heteroatoms. The number of carbonyl (C=O) groups excluding carboxylic acids is 2. The van der Waals surface area contributed by atoms with Crippen LogP contribution >= 0.6 is 11.6 Å². The van der Waals surface area contributed by atoms with E-state index in [0.717, 1.165) is 25.1 Å². The van der Waals surface area contributed by atoms with Crippen LogP contribution in [0.3, 0.4) is 0 Å². The zero-order valence-electron chi connectivity index (χ0n) is 12.6. The normalized spacial score (nSPS) is 10.2. The Morgan fingerprint density at radius 2 is 1.68 bits per heavy atom. The summed E-state index contributed by atoms with van der Waals surface area (Å²) in [6.45, 7) is 1.12. The van der Waals surface area contributed by atoms with E-state index in [0.29, 0.717) is 6.07 Å². The van der Waals surface area contributed by atoms with Gasteiger partial charge in [-0.15, -0.1) is 0 Å². The predicted octanol–water partition coefficient (Wildman–Crippen LogP) is 3.74. The Bertz CT molecular complexity index is 889. The molecule has 0 saturated carbocycles. The Labute approximate surface area is 144 Å². The average molecular weight is 370 g/mol. The molecule has 0 fully saturated rings. The van der Waals surface area contributed by atoms with Crippen LogP contribution in [0.2, 0.25) is 5.02 Å². The van der Waals surface area contributed by atoms with Gasteiger partial charge in [-0.2, -0.15) is 0 Å². The molecule has 130 valence electrons. The van der Waals surface area contributed by atoms with Gasteiger partial charge in [-0.05, 0) is 18.2 Å². The third-order valence-corrected chi connectivity index (χ3v) is 3.25. The quantitative estimate of drug-likeness (QED) is 0.633. The highest BCUT2D eigenvalue weighted by molar-refractivity contribution is 6.31. The highest BCUT2D eigenvalue weighted by atomic mass is 35.5. The zero-order chi connectivity index (χ0) is 18.7. The van der Waals surface area contributed by atoms with Gasteiger partial charge in [0.2, 0.25) is 5.91 Å². The smallest absolute Gasteiger partial charge is 0.282 e. The van der Waals surface area contributed by atoms with Gasteiger partial charge in [0.25, 0.3) is 11.6 Å². The molecule has 2 aromatic rings. The standard InChI is InChI=1S/C15H10ClF2N3O4/c1-7(22)19-12-6-13(11(18)5-10(12)17)20-15(23)9-4-8(16)2-3-14(9)21(24)25/h2-6H,1H3,(H,19,22)(H,20,23). The first kappa shape index (κ1) is 18.3. The second kappa shape index (κ2) is 7.22. The first-order valence-corrected chi connectivity index (χ1v) is 7.08. The number of rotatable bonds is 4. The van der Waals surface area contributed by atoms with E-state index in [-0.39, 0.29) is 10.7 Å². The zero-order valence-corrected chi connectivity index (χ0v) is 13.4. The van der Waals surface area contributed by atoms with Crippen LogP contribution in [0.25, 0.3) is 0 Å². The van der Waals surface area contributed by atoms with Gasteiger partial charge in [0, 0.05) is 24.1 Å². The molecule has 7 nitrogen and oxygen atoms in total. The van der Waals surface area contributed by atoms with E-state index in [9.17, 15) is 28.5 Å². The van der Waals surface area contributed by atoms with Crippen LogP contribution in [0.4, 0.5) is 25.8 Å². The lowest BCUT2D eigenvalue weighted by Crippen LogP contribution is -2.16. The predicted molar refractivity (Wildman–Crippen MR) is 86.7 cm³/mol. The summed E-state index contributed by atoms with van der Waals surface area (Å²) in [7, 11) is 0. The van der Waals surface area contributed by atoms with Crippen LogP contribution in [0, 0.1) is 21.7 Å². The van der Waals surface area contributed by atoms with E-state index in [1.165, 1.54) is 6.07 Å². The van der Waals surface area contributed by atoms with Crippen LogP contribution in [0.5, 0.6) is 0 Å². The molecular weight excluding hydrogens is 360 g/mol. The van der Waals surface area contributed by atoms with Gasteiger partial charge in [0.05, 0.1) is 16.3 Å². The number of anilines is 2. The van der Waals surface area contributed by atoms with Crippen molar-refractivity contribution in [3.63, 3.8) is 0 Å². The molecule has 0 atom stereocenters. The van der Waals surface area contributed by atoms with Gasteiger partial charge in [-0.3, -0.25) is 19.7 Å². The van der Waals surface area contributed by atoms with Crippen LogP contribution < -0.4 is 10.6 Å². The molecule has 25 heavy (non-hydrogen) atoms. The van der Waals surface area contributed by atoms with Crippen molar-refractivity contribution in [3.05, 3.63) is 62.7 Å². The Balaban J connectivity index is 2.40. The Hall–Kier alpha value is -3.07. The van der Waals surface area contributed by atoms with Gasteiger partial charge in [0.1, 0.15) is 17.2 Å². The molecule has 0 heterocycles. The van der Waals surface area contributed by atoms with E-state index >= 15 is 0 Å². The summed E-state index contributed by atoms with van der Waals surface area (Å²) in [5.41, 5.74) is -1.76. The summed E-state index contributed by atoms with van der Waals surface area (Å²) >= 11 is 5.73. The van der Waals surface area contributed by atoms with Crippen LogP contribution in [0.1, 0.15) is 17.3 Å². The molecule has 2 aromatic carbocycles. The first-order valence-electron chi connectivity index (χ1n) is 6.71. The molecule has 0 spiro atoms. The van der Waals surface area contributed by atoms with Gasteiger partial charge < -0.3 is 10.6 Å². The minimum Gasteiger partial charge on any atom is -0.324 e. The number of nitrogens with zero attached hydrogens (tertiary/aromatic N) is 1. The Kier molecular flexibility index (Phi) is 5.28. The maximum Gasteiger partial charge on any atom is 0.282 e. The number of hydrogen-bond donors (Lipinski definition) is 2. The molecule has 0 aromatic heterocycles. The molecule has 2 rings (SSSR count). The Morgan fingerprint density at radius 3 is 2.24 bits per heavy atom. The minimum atomic E-state index is -1.12. The second-order valence-electron chi connectivity index (χ2n) is 4.87. The van der Waals surface area contributed by atoms with Gasteiger partial charge >= 0.3 is 0 Å². The van der Waals surface area contributed by atoms with Crippen LogP contribution in [-0.4, -0.2) is 16.7 Å². The van der Waals surface area contributed by atoms with Crippen molar-refractivity contribution in [1.82, 2.24) is 0 Å². The second-order valence-corrected chi connectivity index (χ2v) is 5.30. The average Bonchev–Trinajstić information content (AvgIpc) is 2.51. The third-order valence-electron chi connectivity index (χ3n) is 3.02. The fourth-order valence-corrected chi connectivity index (χ4v) is 2.14. The molecule has 0 aliphatic heterocycles. The number of amides is 2. The lowest BCUT2D eigenvalue weighted by molar-refractivity contribution is -0.385. The molecule has 0 aliphatic rings. The van der Waals surface area contributed by atoms with Crippen molar-refractivity contribution in [2.75, 3.05) is 10.6 Å². The summed E-state index contributed by atoms with van der Waals surface area (Å²) < 4.78 is 27.5. The van der Waals surface area contributed by atoms with Crippen LogP contribution in [-0.2, 0) is 4.79 Å². The maximum absolute atomic E-state index is 13.9. The molecule has 0 aliphatic carbocycles. The summed E-state index contributed by atoms with van der Waals surface area (Å²) in [6.07, 6.45) is 0. The van der Waals surface area contributed by atoms with E-state index in [1.54, 1.807) is 0 Å². The van der Waals surface area contributed by atoms with Crippen molar-refractivity contribution in [1.29, 1.82) is 0 Å². The van der Waals surface area contributed by atoms with Crippen molar-refractivity contribution < 1.29 is 23.3 Å². The lowest BCUT2D eigenvalue weighted by Gasteiger charge is -2.10. The Morgan fingerprint density at radius 1 is 1.08 bits per heavy atom. The molecule has 2 N–H and O–H groups in total. The molecular formula is C15H10ClF2N3O4. The first-order chi connectivity index (χ1) is 11.7. The number of benzene rings is 2. The topological polar surface area (TPSA) is 101 Å². The van der Waals surface area contributed by atoms with Gasteiger partial charge in [0.15, 0.2) is 0 Å². The number of halogens is 3. The monoisotopic (exact) mass is 369 g/mol. The van der Waals surface area contributed by atoms with Gasteiger partial charge in [-0.25, -0.2) is 8.78 Å². The van der Waals surface area contributed by atoms with Crippen LogP contribution in [0.15, 0.2) is 30.3 Å². The number of hydrogen-bond acceptors (Lipinski definition) is 4. The highest BCUT2D eigenvalue weighted by Gasteiger charge is 2.22. The van der Waals surface area contributed by atoms with Crippen molar-refractivity contribution in [2.45, 2.75) is 6.92 Å². The maximum atomic E-state index is 13.9. The summed E-state index contributed by atoms with van der Waals surface area (Å²) in [4.78, 5) is 33.4. The molecule has 0 unspecified atom stereocenters. The molecule has 0 saturated heterocycles. The molecule has 0 radical (unpaired) electrons. The highest BCUT2D eigenvalue weighted by Crippen LogP contribution is 2.27. The molecule has 2 amide bonds. The lowest BCUT2D eigenvalue weighted by atomic mass is 10.1. The van der Waals surface area contributed by atoms with Crippen molar-refractivity contribution >= 4 is 40.5 Å². The fourth-order valence-electron chi connectivity index (χ4n) is 1.97. The summed E-state index contributed by atoms with van der Waals surface area (Å²) in [6, 6.07) is 4.63. The van der Waals surface area contributed by atoms with Crippen molar-refractivity contribution in [3.8, 4) is 0 Å². The number of nitrogens with one attached hydrogen (secondary N) is 2. The number of nitro groups is 1. The third kappa shape index (κ3) is 4.27.